The van der Waals surface area contributed by atoms with E-state index in [1.54, 1.807) is 0 Å². The second-order valence-corrected chi connectivity index (χ2v) is 6.86. The lowest BCUT2D eigenvalue weighted by atomic mass is 9.91. The van der Waals surface area contributed by atoms with Crippen LogP contribution in [0.4, 0.5) is 0 Å². The van der Waals surface area contributed by atoms with Gasteiger partial charge < -0.3 is 10.0 Å². The molecule has 5 nitrogen and oxygen atoms in total. The second kappa shape index (κ2) is 6.90. The predicted molar refractivity (Wildman–Crippen MR) is 85.1 cm³/mol. The molecule has 0 aliphatic carbocycles. The smallest absolute Gasteiger partial charge is 0.0641 e. The van der Waals surface area contributed by atoms with Crippen molar-refractivity contribution in [2.24, 2.45) is 11.8 Å². The van der Waals surface area contributed by atoms with Crippen LogP contribution in [0, 0.1) is 18.8 Å². The Hall–Kier alpha value is -0.910. The van der Waals surface area contributed by atoms with Gasteiger partial charge in [0.15, 0.2) is 0 Å². The Morgan fingerprint density at radius 2 is 2.10 bits per heavy atom. The lowest BCUT2D eigenvalue weighted by Gasteiger charge is -2.27. The lowest BCUT2D eigenvalue weighted by Crippen LogP contribution is -2.37. The summed E-state index contributed by atoms with van der Waals surface area (Å²) in [5.41, 5.74) is 2.36. The van der Waals surface area contributed by atoms with E-state index in [2.05, 4.69) is 56.0 Å². The molecule has 0 aromatic carbocycles. The molecule has 120 valence electrons. The zero-order valence-corrected chi connectivity index (χ0v) is 14.1. The average molecular weight is 294 g/mol. The number of aliphatic hydroxyl groups is 1. The van der Waals surface area contributed by atoms with Gasteiger partial charge in [0, 0.05) is 37.4 Å². The number of aryl methyl sites for hydroxylation is 1. The molecule has 5 heteroatoms. The standard InChI is InChI=1S/C16H30N4O/c1-12(2)15-10-19(11-16(15)18(4)5)8-14-9-20(6-7-21)17-13(14)3/h9,12,15-16,21H,6-8,10-11H2,1-5H3/t15-,16+/m0/s1. The van der Waals surface area contributed by atoms with Crippen molar-refractivity contribution in [1.82, 2.24) is 19.6 Å². The van der Waals surface area contributed by atoms with Gasteiger partial charge in [0.05, 0.1) is 18.8 Å². The molecule has 0 unspecified atom stereocenters. The van der Waals surface area contributed by atoms with Crippen LogP contribution in [0.3, 0.4) is 0 Å². The van der Waals surface area contributed by atoms with E-state index in [1.807, 2.05) is 4.68 Å². The highest BCUT2D eigenvalue weighted by Gasteiger charge is 2.35. The Labute approximate surface area is 128 Å². The maximum Gasteiger partial charge on any atom is 0.0641 e. The highest BCUT2D eigenvalue weighted by atomic mass is 16.3. The number of aromatic nitrogens is 2. The SMILES string of the molecule is Cc1nn(CCO)cc1CN1C[C@@H](N(C)C)[C@H](C(C)C)C1. The number of likely N-dealkylation sites (N-methyl/N-ethyl adjacent to an activating group) is 1. The average Bonchev–Trinajstić information content (AvgIpc) is 2.95. The lowest BCUT2D eigenvalue weighted by molar-refractivity contribution is 0.215. The highest BCUT2D eigenvalue weighted by Crippen LogP contribution is 2.28. The topological polar surface area (TPSA) is 44.5 Å². The second-order valence-electron chi connectivity index (χ2n) is 6.86. The van der Waals surface area contributed by atoms with Gasteiger partial charge in [-0.15, -0.1) is 0 Å². The van der Waals surface area contributed by atoms with Gasteiger partial charge in [-0.2, -0.15) is 5.10 Å². The maximum absolute atomic E-state index is 9.02. The summed E-state index contributed by atoms with van der Waals surface area (Å²) >= 11 is 0. The number of hydrogen-bond donors (Lipinski definition) is 1. The summed E-state index contributed by atoms with van der Waals surface area (Å²) in [6.45, 7) is 10.7. The molecule has 0 amide bonds. The molecular weight excluding hydrogens is 264 g/mol. The summed E-state index contributed by atoms with van der Waals surface area (Å²) in [7, 11) is 4.38. The van der Waals surface area contributed by atoms with Gasteiger partial charge in [0.1, 0.15) is 0 Å². The molecular formula is C16H30N4O. The summed E-state index contributed by atoms with van der Waals surface area (Å²) in [6, 6.07) is 0.637. The van der Waals surface area contributed by atoms with Crippen LogP contribution in [0.25, 0.3) is 0 Å². The number of rotatable bonds is 6. The third-order valence-electron chi connectivity index (χ3n) is 4.70. The Kier molecular flexibility index (Phi) is 5.41. The van der Waals surface area contributed by atoms with Crippen LogP contribution in [-0.4, -0.2) is 64.5 Å². The normalized spacial score (nSPS) is 23.6. The van der Waals surface area contributed by atoms with Gasteiger partial charge in [-0.3, -0.25) is 9.58 Å². The molecule has 0 bridgehead atoms. The van der Waals surface area contributed by atoms with E-state index in [9.17, 15) is 0 Å². The van der Waals surface area contributed by atoms with Crippen molar-refractivity contribution in [3.63, 3.8) is 0 Å². The van der Waals surface area contributed by atoms with E-state index < -0.39 is 0 Å². The van der Waals surface area contributed by atoms with Crippen LogP contribution in [0.1, 0.15) is 25.1 Å². The van der Waals surface area contributed by atoms with Crippen LogP contribution in [0.15, 0.2) is 6.20 Å². The number of nitrogens with zero attached hydrogens (tertiary/aromatic N) is 4. The molecule has 2 heterocycles. The van der Waals surface area contributed by atoms with E-state index in [1.165, 1.54) is 5.56 Å². The van der Waals surface area contributed by atoms with Crippen LogP contribution in [0.2, 0.25) is 0 Å². The van der Waals surface area contributed by atoms with Crippen molar-refractivity contribution in [1.29, 1.82) is 0 Å². The van der Waals surface area contributed by atoms with Crippen LogP contribution < -0.4 is 0 Å². The molecule has 1 aliphatic rings. The summed E-state index contributed by atoms with van der Waals surface area (Å²) in [5, 5.41) is 13.5. The molecule has 21 heavy (non-hydrogen) atoms. The summed E-state index contributed by atoms with van der Waals surface area (Å²) in [5.74, 6) is 1.44. The fourth-order valence-electron chi connectivity index (χ4n) is 3.40. The monoisotopic (exact) mass is 294 g/mol. The summed E-state index contributed by atoms with van der Waals surface area (Å²) in [4.78, 5) is 4.91. The molecule has 1 aromatic rings. The van der Waals surface area contributed by atoms with Crippen LogP contribution in [-0.2, 0) is 13.1 Å². The fraction of sp³-hybridized carbons (Fsp3) is 0.812. The molecule has 1 saturated heterocycles. The molecule has 0 spiro atoms. The molecule has 0 radical (unpaired) electrons. The van der Waals surface area contributed by atoms with Gasteiger partial charge in [-0.1, -0.05) is 13.8 Å². The van der Waals surface area contributed by atoms with Crippen LogP contribution >= 0.6 is 0 Å². The minimum Gasteiger partial charge on any atom is -0.394 e. The first kappa shape index (κ1) is 16.5. The highest BCUT2D eigenvalue weighted by molar-refractivity contribution is 5.15. The van der Waals surface area contributed by atoms with Gasteiger partial charge in [-0.05, 0) is 32.9 Å². The maximum atomic E-state index is 9.02. The van der Waals surface area contributed by atoms with E-state index in [4.69, 9.17) is 5.11 Å². The van der Waals surface area contributed by atoms with Crippen molar-refractivity contribution in [3.05, 3.63) is 17.5 Å². The third-order valence-corrected chi connectivity index (χ3v) is 4.70. The number of likely N-dealkylation sites (tertiary alicyclic amines) is 1. The molecule has 0 saturated carbocycles. The first-order valence-corrected chi connectivity index (χ1v) is 7.95. The van der Waals surface area contributed by atoms with E-state index in [0.29, 0.717) is 18.5 Å². The summed E-state index contributed by atoms with van der Waals surface area (Å²) < 4.78 is 1.85. The van der Waals surface area contributed by atoms with Gasteiger partial charge >= 0.3 is 0 Å². The van der Waals surface area contributed by atoms with Crippen molar-refractivity contribution < 1.29 is 5.11 Å². The molecule has 1 aliphatic heterocycles. The quantitative estimate of drug-likeness (QED) is 0.856. The van der Waals surface area contributed by atoms with E-state index in [0.717, 1.165) is 31.2 Å². The zero-order chi connectivity index (χ0) is 15.6. The van der Waals surface area contributed by atoms with E-state index in [-0.39, 0.29) is 6.61 Å². The third kappa shape index (κ3) is 3.84. The van der Waals surface area contributed by atoms with Gasteiger partial charge in [0.25, 0.3) is 0 Å². The molecule has 2 atom stereocenters. The van der Waals surface area contributed by atoms with Crippen LogP contribution in [0.5, 0.6) is 0 Å². The Balaban J connectivity index is 2.03. The fourth-order valence-corrected chi connectivity index (χ4v) is 3.40. The van der Waals surface area contributed by atoms with Crippen molar-refractivity contribution >= 4 is 0 Å². The van der Waals surface area contributed by atoms with Gasteiger partial charge in [0.2, 0.25) is 0 Å². The first-order valence-electron chi connectivity index (χ1n) is 7.95. The zero-order valence-electron chi connectivity index (χ0n) is 14.1. The minimum absolute atomic E-state index is 0.141. The van der Waals surface area contributed by atoms with Gasteiger partial charge in [-0.25, -0.2) is 0 Å². The Morgan fingerprint density at radius 1 is 1.38 bits per heavy atom. The van der Waals surface area contributed by atoms with E-state index >= 15 is 0 Å². The summed E-state index contributed by atoms with van der Waals surface area (Å²) in [6.07, 6.45) is 2.08. The molecule has 1 aromatic heterocycles. The Morgan fingerprint density at radius 3 is 2.62 bits per heavy atom. The number of hydrogen-bond acceptors (Lipinski definition) is 4. The molecule has 2 rings (SSSR count). The largest absolute Gasteiger partial charge is 0.394 e. The Bertz CT molecular complexity index is 439. The van der Waals surface area contributed by atoms with Crippen molar-refractivity contribution in [3.8, 4) is 0 Å². The van der Waals surface area contributed by atoms with Crippen molar-refractivity contribution in [2.75, 3.05) is 33.8 Å². The predicted octanol–water partition coefficient (Wildman–Crippen LogP) is 1.20. The molecule has 1 N–H and O–H groups in total. The van der Waals surface area contributed by atoms with Crippen molar-refractivity contribution in [2.45, 2.75) is 39.9 Å². The molecule has 1 fully saturated rings. The number of aliphatic hydroxyl groups excluding tert-OH is 1. The first-order chi connectivity index (χ1) is 9.92. The minimum atomic E-state index is 0.141.